The standard InChI is InChI=1S/C23H16ClFN2O3/c24-18-4-2-1-3-15(18)12-21-23(29)27-19-11-16(7-10-20(19)30-21)22(28)26-13-14-5-8-17(25)9-6-14/h1-12H,13H2,(H,26,28)(H,27,29). The Bertz CT molecular complexity index is 1160. The first-order valence-electron chi connectivity index (χ1n) is 9.12. The highest BCUT2D eigenvalue weighted by molar-refractivity contribution is 6.32. The zero-order valence-corrected chi connectivity index (χ0v) is 16.4. The molecule has 0 atom stereocenters. The van der Waals surface area contributed by atoms with Crippen molar-refractivity contribution in [1.29, 1.82) is 0 Å². The second-order valence-electron chi connectivity index (χ2n) is 6.61. The fourth-order valence-corrected chi connectivity index (χ4v) is 3.11. The Morgan fingerprint density at radius 3 is 2.63 bits per heavy atom. The van der Waals surface area contributed by atoms with Crippen molar-refractivity contribution in [2.24, 2.45) is 0 Å². The first-order chi connectivity index (χ1) is 14.5. The zero-order valence-electron chi connectivity index (χ0n) is 15.6. The maximum Gasteiger partial charge on any atom is 0.291 e. The minimum absolute atomic E-state index is 0.101. The number of rotatable bonds is 4. The third-order valence-corrected chi connectivity index (χ3v) is 4.84. The van der Waals surface area contributed by atoms with Crippen LogP contribution in [0.1, 0.15) is 21.5 Å². The number of benzene rings is 3. The van der Waals surface area contributed by atoms with Gasteiger partial charge in [0.2, 0.25) is 0 Å². The molecule has 1 aliphatic heterocycles. The summed E-state index contributed by atoms with van der Waals surface area (Å²) in [6.45, 7) is 0.254. The summed E-state index contributed by atoms with van der Waals surface area (Å²) in [4.78, 5) is 24.8. The van der Waals surface area contributed by atoms with Crippen LogP contribution in [0.3, 0.4) is 0 Å². The van der Waals surface area contributed by atoms with Gasteiger partial charge in [0, 0.05) is 17.1 Å². The van der Waals surface area contributed by atoms with Gasteiger partial charge in [-0.25, -0.2) is 4.39 Å². The van der Waals surface area contributed by atoms with E-state index in [4.69, 9.17) is 16.3 Å². The SMILES string of the molecule is O=C1Nc2cc(C(=O)NCc3ccc(F)cc3)ccc2OC1=Cc1ccccc1Cl. The van der Waals surface area contributed by atoms with E-state index in [1.54, 1.807) is 54.6 Å². The van der Waals surface area contributed by atoms with Gasteiger partial charge < -0.3 is 15.4 Å². The number of ether oxygens (including phenoxy) is 1. The van der Waals surface area contributed by atoms with Crippen LogP contribution in [0.2, 0.25) is 5.02 Å². The van der Waals surface area contributed by atoms with E-state index in [2.05, 4.69) is 10.6 Å². The van der Waals surface area contributed by atoms with Crippen molar-refractivity contribution in [3.8, 4) is 5.75 Å². The number of hydrogen-bond donors (Lipinski definition) is 2. The highest BCUT2D eigenvalue weighted by Gasteiger charge is 2.23. The van der Waals surface area contributed by atoms with Crippen molar-refractivity contribution in [3.05, 3.63) is 100 Å². The fourth-order valence-electron chi connectivity index (χ4n) is 2.92. The van der Waals surface area contributed by atoms with Gasteiger partial charge >= 0.3 is 0 Å². The van der Waals surface area contributed by atoms with E-state index in [1.807, 2.05) is 6.07 Å². The van der Waals surface area contributed by atoms with Gasteiger partial charge in [-0.15, -0.1) is 0 Å². The molecule has 0 aromatic heterocycles. The Labute approximate surface area is 177 Å². The highest BCUT2D eigenvalue weighted by Crippen LogP contribution is 2.33. The highest BCUT2D eigenvalue weighted by atomic mass is 35.5. The molecule has 0 bridgehead atoms. The van der Waals surface area contributed by atoms with Crippen LogP contribution in [-0.2, 0) is 11.3 Å². The van der Waals surface area contributed by atoms with Crippen molar-refractivity contribution in [3.63, 3.8) is 0 Å². The van der Waals surface area contributed by atoms with Crippen LogP contribution in [0.5, 0.6) is 5.75 Å². The first-order valence-corrected chi connectivity index (χ1v) is 9.49. The summed E-state index contributed by atoms with van der Waals surface area (Å²) in [5.74, 6) is -0.578. The number of carbonyl (C=O) groups excluding carboxylic acids is 2. The summed E-state index contributed by atoms with van der Waals surface area (Å²) in [5, 5.41) is 5.99. The summed E-state index contributed by atoms with van der Waals surface area (Å²) in [5.41, 5.74) is 2.18. The van der Waals surface area contributed by atoms with Crippen LogP contribution in [-0.4, -0.2) is 11.8 Å². The van der Waals surface area contributed by atoms with Gasteiger partial charge in [0.15, 0.2) is 11.5 Å². The average Bonchev–Trinajstić information content (AvgIpc) is 2.75. The molecule has 0 fully saturated rings. The van der Waals surface area contributed by atoms with E-state index < -0.39 is 5.91 Å². The molecule has 0 aliphatic carbocycles. The molecule has 1 aliphatic rings. The minimum Gasteiger partial charge on any atom is -0.449 e. The summed E-state index contributed by atoms with van der Waals surface area (Å²) in [6.07, 6.45) is 1.56. The molecule has 0 radical (unpaired) electrons. The Balaban J connectivity index is 1.49. The van der Waals surface area contributed by atoms with E-state index in [0.29, 0.717) is 27.6 Å². The molecular formula is C23H16ClFN2O3. The Morgan fingerprint density at radius 2 is 1.87 bits per heavy atom. The van der Waals surface area contributed by atoms with Gasteiger partial charge in [-0.05, 0) is 53.6 Å². The molecule has 150 valence electrons. The summed E-state index contributed by atoms with van der Waals surface area (Å²) < 4.78 is 18.7. The van der Waals surface area contributed by atoms with Gasteiger partial charge in [-0.3, -0.25) is 9.59 Å². The number of nitrogens with one attached hydrogen (secondary N) is 2. The fraction of sp³-hybridized carbons (Fsp3) is 0.0435. The lowest BCUT2D eigenvalue weighted by molar-refractivity contribution is -0.115. The summed E-state index contributed by atoms with van der Waals surface area (Å²) in [7, 11) is 0. The summed E-state index contributed by atoms with van der Waals surface area (Å²) >= 11 is 6.13. The third kappa shape index (κ3) is 4.34. The lowest BCUT2D eigenvalue weighted by Gasteiger charge is -2.20. The molecule has 0 unspecified atom stereocenters. The van der Waals surface area contributed by atoms with Crippen LogP contribution in [0.4, 0.5) is 10.1 Å². The molecule has 4 rings (SSSR count). The molecular weight excluding hydrogens is 407 g/mol. The van der Waals surface area contributed by atoms with E-state index in [0.717, 1.165) is 5.56 Å². The van der Waals surface area contributed by atoms with Gasteiger partial charge in [-0.2, -0.15) is 0 Å². The Kier molecular flexibility index (Phi) is 5.50. The van der Waals surface area contributed by atoms with Gasteiger partial charge in [0.25, 0.3) is 11.8 Å². The van der Waals surface area contributed by atoms with Gasteiger partial charge in [0.05, 0.1) is 5.69 Å². The normalized spacial score (nSPS) is 13.9. The third-order valence-electron chi connectivity index (χ3n) is 4.49. The molecule has 2 N–H and O–H groups in total. The van der Waals surface area contributed by atoms with Crippen molar-refractivity contribution in [2.75, 3.05) is 5.32 Å². The zero-order chi connectivity index (χ0) is 21.1. The molecule has 0 saturated carbocycles. The second-order valence-corrected chi connectivity index (χ2v) is 7.01. The number of carbonyl (C=O) groups is 2. The van der Waals surface area contributed by atoms with Crippen LogP contribution < -0.4 is 15.4 Å². The number of amides is 2. The van der Waals surface area contributed by atoms with Crippen molar-refractivity contribution >= 4 is 35.2 Å². The average molecular weight is 423 g/mol. The Hall–Kier alpha value is -3.64. The van der Waals surface area contributed by atoms with Gasteiger partial charge in [0.1, 0.15) is 5.82 Å². The quantitative estimate of drug-likeness (QED) is 0.594. The monoisotopic (exact) mass is 422 g/mol. The second kappa shape index (κ2) is 8.39. The number of fused-ring (bicyclic) bond motifs is 1. The predicted molar refractivity (Wildman–Crippen MR) is 113 cm³/mol. The predicted octanol–water partition coefficient (Wildman–Crippen LogP) is 4.78. The number of anilines is 1. The van der Waals surface area contributed by atoms with Gasteiger partial charge in [-0.1, -0.05) is 41.9 Å². The molecule has 7 heteroatoms. The van der Waals surface area contributed by atoms with Crippen molar-refractivity contribution < 1.29 is 18.7 Å². The maximum absolute atomic E-state index is 13.0. The molecule has 0 saturated heterocycles. The molecule has 5 nitrogen and oxygen atoms in total. The lowest BCUT2D eigenvalue weighted by Crippen LogP contribution is -2.25. The van der Waals surface area contributed by atoms with E-state index >= 15 is 0 Å². The van der Waals surface area contributed by atoms with Crippen LogP contribution >= 0.6 is 11.6 Å². The summed E-state index contributed by atoms with van der Waals surface area (Å²) in [6, 6.07) is 17.7. The van der Waals surface area contributed by atoms with Crippen LogP contribution in [0, 0.1) is 5.82 Å². The first kappa shape index (κ1) is 19.7. The smallest absolute Gasteiger partial charge is 0.291 e. The molecule has 0 spiro atoms. The maximum atomic E-state index is 13.0. The topological polar surface area (TPSA) is 67.4 Å². The molecule has 2 amide bonds. The number of halogens is 2. The van der Waals surface area contributed by atoms with E-state index in [9.17, 15) is 14.0 Å². The largest absolute Gasteiger partial charge is 0.449 e. The minimum atomic E-state index is -0.439. The lowest BCUT2D eigenvalue weighted by atomic mass is 10.1. The van der Waals surface area contributed by atoms with Crippen LogP contribution in [0.15, 0.2) is 72.5 Å². The van der Waals surface area contributed by atoms with Crippen molar-refractivity contribution in [1.82, 2.24) is 5.32 Å². The van der Waals surface area contributed by atoms with E-state index in [-0.39, 0.29) is 24.0 Å². The Morgan fingerprint density at radius 1 is 1.10 bits per heavy atom. The molecule has 30 heavy (non-hydrogen) atoms. The van der Waals surface area contributed by atoms with E-state index in [1.165, 1.54) is 12.1 Å². The molecule has 3 aromatic carbocycles. The van der Waals surface area contributed by atoms with Crippen molar-refractivity contribution in [2.45, 2.75) is 6.54 Å². The molecule has 1 heterocycles. The number of hydrogen-bond acceptors (Lipinski definition) is 3. The van der Waals surface area contributed by atoms with Crippen LogP contribution in [0.25, 0.3) is 6.08 Å². The molecule has 3 aromatic rings.